The zero-order valence-corrected chi connectivity index (χ0v) is 7.95. The minimum Gasteiger partial charge on any atom is -0.328 e. The van der Waals surface area contributed by atoms with Gasteiger partial charge in [-0.25, -0.2) is 4.79 Å². The van der Waals surface area contributed by atoms with Gasteiger partial charge in [0.25, 0.3) is 5.91 Å². The molecule has 5 nitrogen and oxygen atoms in total. The second-order valence-electron chi connectivity index (χ2n) is 4.12. The van der Waals surface area contributed by atoms with Crippen LogP contribution in [0.5, 0.6) is 0 Å². The van der Waals surface area contributed by atoms with E-state index in [1.54, 1.807) is 0 Å². The summed E-state index contributed by atoms with van der Waals surface area (Å²) >= 11 is 0. The molecule has 1 unspecified atom stereocenters. The fraction of sp³-hybridized carbons (Fsp3) is 0.778. The summed E-state index contributed by atoms with van der Waals surface area (Å²) in [5.41, 5.74) is 5.77. The van der Waals surface area contributed by atoms with E-state index in [2.05, 4.69) is 10.6 Å². The second kappa shape index (κ2) is 3.57. The number of imide groups is 1. The standard InChI is InChI=1S/C9H15N3O2/c10-6-3-1-5(2-4-6)7-8(13)12-9(14)11-7/h5-7H,1-4,10H2,(H2,11,12,13,14). The van der Waals surface area contributed by atoms with Gasteiger partial charge in [0.05, 0.1) is 0 Å². The molecule has 0 aromatic rings. The molecule has 0 aromatic heterocycles. The van der Waals surface area contributed by atoms with Gasteiger partial charge < -0.3 is 11.1 Å². The van der Waals surface area contributed by atoms with Crippen LogP contribution in [0.1, 0.15) is 25.7 Å². The summed E-state index contributed by atoms with van der Waals surface area (Å²) in [5.74, 6) is 0.0803. The van der Waals surface area contributed by atoms with E-state index < -0.39 is 0 Å². The average Bonchev–Trinajstić information content (AvgIpc) is 2.47. The van der Waals surface area contributed by atoms with Crippen molar-refractivity contribution in [3.05, 3.63) is 0 Å². The van der Waals surface area contributed by atoms with Gasteiger partial charge in [-0.15, -0.1) is 0 Å². The number of hydrogen-bond donors (Lipinski definition) is 3. The summed E-state index contributed by atoms with van der Waals surface area (Å²) in [6, 6.07) is -0.420. The maximum Gasteiger partial charge on any atom is 0.322 e. The van der Waals surface area contributed by atoms with Gasteiger partial charge in [0.15, 0.2) is 0 Å². The number of amides is 3. The molecule has 0 radical (unpaired) electrons. The molecule has 5 heteroatoms. The molecule has 0 aromatic carbocycles. The van der Waals surface area contributed by atoms with Crippen LogP contribution < -0.4 is 16.4 Å². The van der Waals surface area contributed by atoms with E-state index in [9.17, 15) is 9.59 Å². The van der Waals surface area contributed by atoms with E-state index in [0.717, 1.165) is 25.7 Å². The minimum atomic E-state index is -0.366. The summed E-state index contributed by atoms with van der Waals surface area (Å²) in [5, 5.41) is 4.90. The first-order chi connectivity index (χ1) is 6.66. The molecule has 0 spiro atoms. The third kappa shape index (κ3) is 1.72. The highest BCUT2D eigenvalue weighted by molar-refractivity contribution is 6.04. The van der Waals surface area contributed by atoms with E-state index in [1.165, 1.54) is 0 Å². The van der Waals surface area contributed by atoms with Crippen molar-refractivity contribution in [2.75, 3.05) is 0 Å². The van der Waals surface area contributed by atoms with Crippen molar-refractivity contribution in [3.63, 3.8) is 0 Å². The fourth-order valence-electron chi connectivity index (χ4n) is 2.24. The second-order valence-corrected chi connectivity index (χ2v) is 4.12. The van der Waals surface area contributed by atoms with Crippen LogP contribution in [0.3, 0.4) is 0 Å². The number of urea groups is 1. The van der Waals surface area contributed by atoms with Crippen molar-refractivity contribution in [1.82, 2.24) is 10.6 Å². The molecule has 2 fully saturated rings. The predicted molar refractivity (Wildman–Crippen MR) is 50.4 cm³/mol. The van der Waals surface area contributed by atoms with E-state index in [0.29, 0.717) is 0 Å². The molecule has 1 aliphatic heterocycles. The summed E-state index contributed by atoms with van der Waals surface area (Å²) in [6.45, 7) is 0. The normalized spacial score (nSPS) is 37.9. The Bertz CT molecular complexity index is 259. The Morgan fingerprint density at radius 2 is 1.79 bits per heavy atom. The first kappa shape index (κ1) is 9.45. The topological polar surface area (TPSA) is 84.2 Å². The highest BCUT2D eigenvalue weighted by Gasteiger charge is 2.37. The summed E-state index contributed by atoms with van der Waals surface area (Å²) in [4.78, 5) is 22.2. The first-order valence-electron chi connectivity index (χ1n) is 5.04. The Kier molecular flexibility index (Phi) is 2.41. The average molecular weight is 197 g/mol. The van der Waals surface area contributed by atoms with Gasteiger partial charge in [-0.1, -0.05) is 0 Å². The predicted octanol–water partition coefficient (Wildman–Crippen LogP) is -0.288. The van der Waals surface area contributed by atoms with Crippen LogP contribution in [0, 0.1) is 5.92 Å². The SMILES string of the molecule is NC1CCC(C2NC(=O)NC2=O)CC1. The largest absolute Gasteiger partial charge is 0.328 e. The lowest BCUT2D eigenvalue weighted by atomic mass is 9.82. The van der Waals surface area contributed by atoms with Crippen molar-refractivity contribution in [1.29, 1.82) is 0 Å². The summed E-state index contributed by atoms with van der Waals surface area (Å²) < 4.78 is 0. The highest BCUT2D eigenvalue weighted by Crippen LogP contribution is 2.27. The molecule has 2 rings (SSSR count). The molecule has 3 amide bonds. The number of nitrogens with two attached hydrogens (primary N) is 1. The van der Waals surface area contributed by atoms with Crippen molar-refractivity contribution >= 4 is 11.9 Å². The number of carbonyl (C=O) groups excluding carboxylic acids is 2. The Morgan fingerprint density at radius 1 is 1.14 bits per heavy atom. The van der Waals surface area contributed by atoms with E-state index >= 15 is 0 Å². The lowest BCUT2D eigenvalue weighted by Gasteiger charge is -2.28. The zero-order valence-electron chi connectivity index (χ0n) is 7.95. The Morgan fingerprint density at radius 3 is 2.29 bits per heavy atom. The van der Waals surface area contributed by atoms with E-state index in [1.807, 2.05) is 0 Å². The number of rotatable bonds is 1. The summed E-state index contributed by atoms with van der Waals surface area (Å²) in [7, 11) is 0. The van der Waals surface area contributed by atoms with E-state index in [4.69, 9.17) is 5.73 Å². The molecule has 78 valence electrons. The summed E-state index contributed by atoms with van der Waals surface area (Å²) in [6.07, 6.45) is 3.76. The molecular weight excluding hydrogens is 182 g/mol. The Hall–Kier alpha value is -1.10. The first-order valence-corrected chi connectivity index (χ1v) is 5.04. The van der Waals surface area contributed by atoms with Gasteiger partial charge in [0.1, 0.15) is 6.04 Å². The van der Waals surface area contributed by atoms with Crippen molar-refractivity contribution in [3.8, 4) is 0 Å². The Balaban J connectivity index is 1.95. The lowest BCUT2D eigenvalue weighted by Crippen LogP contribution is -2.40. The molecular formula is C9H15N3O2. The third-order valence-corrected chi connectivity index (χ3v) is 3.09. The maximum absolute atomic E-state index is 11.3. The maximum atomic E-state index is 11.3. The van der Waals surface area contributed by atoms with Crippen LogP contribution >= 0.6 is 0 Å². The number of hydrogen-bond acceptors (Lipinski definition) is 3. The van der Waals surface area contributed by atoms with Crippen LogP contribution in [0.25, 0.3) is 0 Å². The molecule has 2 aliphatic rings. The van der Waals surface area contributed by atoms with Gasteiger partial charge in [-0.2, -0.15) is 0 Å². The van der Waals surface area contributed by atoms with Crippen molar-refractivity contribution < 1.29 is 9.59 Å². The smallest absolute Gasteiger partial charge is 0.322 e. The van der Waals surface area contributed by atoms with Crippen LogP contribution in [0.4, 0.5) is 4.79 Å². The minimum absolute atomic E-state index is 0.185. The molecule has 1 saturated heterocycles. The monoisotopic (exact) mass is 197 g/mol. The van der Waals surface area contributed by atoms with Crippen molar-refractivity contribution in [2.45, 2.75) is 37.8 Å². The molecule has 4 N–H and O–H groups in total. The number of carbonyl (C=O) groups is 2. The molecule has 1 aliphatic carbocycles. The van der Waals surface area contributed by atoms with Crippen LogP contribution in [0.2, 0.25) is 0 Å². The van der Waals surface area contributed by atoms with Gasteiger partial charge in [-0.3, -0.25) is 10.1 Å². The van der Waals surface area contributed by atoms with Crippen molar-refractivity contribution in [2.24, 2.45) is 11.7 Å². The highest BCUT2D eigenvalue weighted by atomic mass is 16.2. The fourth-order valence-corrected chi connectivity index (χ4v) is 2.24. The lowest BCUT2D eigenvalue weighted by molar-refractivity contribution is -0.121. The van der Waals surface area contributed by atoms with Crippen LogP contribution in [-0.2, 0) is 4.79 Å². The van der Waals surface area contributed by atoms with Crippen LogP contribution in [0.15, 0.2) is 0 Å². The molecule has 1 saturated carbocycles. The van der Waals surface area contributed by atoms with E-state index in [-0.39, 0.29) is 29.9 Å². The van der Waals surface area contributed by atoms with Crippen LogP contribution in [-0.4, -0.2) is 24.0 Å². The van der Waals surface area contributed by atoms with Gasteiger partial charge in [0, 0.05) is 6.04 Å². The third-order valence-electron chi connectivity index (χ3n) is 3.09. The van der Waals surface area contributed by atoms with Gasteiger partial charge in [0.2, 0.25) is 0 Å². The molecule has 14 heavy (non-hydrogen) atoms. The zero-order chi connectivity index (χ0) is 10.1. The van der Waals surface area contributed by atoms with Gasteiger partial charge in [-0.05, 0) is 31.6 Å². The quantitative estimate of drug-likeness (QED) is 0.505. The molecule has 1 atom stereocenters. The Labute approximate surface area is 82.4 Å². The van der Waals surface area contributed by atoms with Gasteiger partial charge >= 0.3 is 6.03 Å². The number of nitrogens with one attached hydrogen (secondary N) is 2. The molecule has 0 bridgehead atoms. The molecule has 1 heterocycles.